The van der Waals surface area contributed by atoms with E-state index in [4.69, 9.17) is 14.7 Å². The second-order valence-electron chi connectivity index (χ2n) is 4.50. The molecule has 2 N–H and O–H groups in total. The Kier molecular flexibility index (Phi) is 3.42. The van der Waals surface area contributed by atoms with Crippen molar-refractivity contribution in [2.45, 2.75) is 0 Å². The summed E-state index contributed by atoms with van der Waals surface area (Å²) in [5.74, 6) is 0.420. The first-order valence-electron chi connectivity index (χ1n) is 6.35. The number of hydrogen-bond acceptors (Lipinski definition) is 3. The molecule has 0 aliphatic heterocycles. The SMILES string of the molecule is OB(O)Oc1ccc(-c2cccc3ccccc23)cc1. The maximum atomic E-state index is 8.77. The van der Waals surface area contributed by atoms with E-state index in [1.807, 2.05) is 30.3 Å². The Morgan fingerprint density at radius 3 is 2.20 bits per heavy atom. The molecule has 98 valence electrons. The van der Waals surface area contributed by atoms with E-state index >= 15 is 0 Å². The first-order valence-corrected chi connectivity index (χ1v) is 6.35. The van der Waals surface area contributed by atoms with Crippen LogP contribution in [0.5, 0.6) is 5.75 Å². The Morgan fingerprint density at radius 2 is 1.45 bits per heavy atom. The maximum absolute atomic E-state index is 8.77. The molecular formula is C16H13BO3. The first kappa shape index (κ1) is 12.7. The molecule has 4 heteroatoms. The van der Waals surface area contributed by atoms with Gasteiger partial charge in [0.05, 0.1) is 0 Å². The minimum atomic E-state index is -1.79. The molecule has 0 unspecified atom stereocenters. The molecule has 3 aromatic carbocycles. The van der Waals surface area contributed by atoms with Gasteiger partial charge in [-0.25, -0.2) is 0 Å². The molecule has 0 aromatic heterocycles. The average Bonchev–Trinajstić information content (AvgIpc) is 2.47. The molecule has 3 rings (SSSR count). The summed E-state index contributed by atoms with van der Waals surface area (Å²) in [7, 11) is -1.79. The summed E-state index contributed by atoms with van der Waals surface area (Å²) in [6, 6.07) is 21.6. The quantitative estimate of drug-likeness (QED) is 0.715. The van der Waals surface area contributed by atoms with Crippen molar-refractivity contribution in [2.24, 2.45) is 0 Å². The molecule has 3 aromatic rings. The molecule has 0 bridgehead atoms. The van der Waals surface area contributed by atoms with Gasteiger partial charge in [0, 0.05) is 0 Å². The van der Waals surface area contributed by atoms with Crippen molar-refractivity contribution in [3.8, 4) is 16.9 Å². The highest BCUT2D eigenvalue weighted by molar-refractivity contribution is 6.33. The Hall–Kier alpha value is -2.30. The molecule has 0 aliphatic rings. The van der Waals surface area contributed by atoms with Gasteiger partial charge in [-0.1, -0.05) is 54.6 Å². The third kappa shape index (κ3) is 2.52. The minimum absolute atomic E-state index is 0.420. The summed E-state index contributed by atoms with van der Waals surface area (Å²) in [5.41, 5.74) is 2.20. The van der Waals surface area contributed by atoms with E-state index in [1.54, 1.807) is 12.1 Å². The Bertz CT molecular complexity index is 718. The fraction of sp³-hybridized carbons (Fsp3) is 0. The second kappa shape index (κ2) is 5.37. The molecule has 0 saturated carbocycles. The van der Waals surface area contributed by atoms with E-state index in [0.717, 1.165) is 11.1 Å². The Balaban J connectivity index is 2.03. The smallest absolute Gasteiger partial charge is 0.512 e. The minimum Gasteiger partial charge on any atom is -0.512 e. The topological polar surface area (TPSA) is 49.7 Å². The lowest BCUT2D eigenvalue weighted by Crippen LogP contribution is -2.20. The highest BCUT2D eigenvalue weighted by Crippen LogP contribution is 2.29. The van der Waals surface area contributed by atoms with Crippen LogP contribution in [0.4, 0.5) is 0 Å². The van der Waals surface area contributed by atoms with Gasteiger partial charge in [0.15, 0.2) is 0 Å². The van der Waals surface area contributed by atoms with Crippen LogP contribution in [-0.2, 0) is 0 Å². The van der Waals surface area contributed by atoms with Crippen molar-refractivity contribution >= 4 is 18.1 Å². The van der Waals surface area contributed by atoms with E-state index in [1.165, 1.54) is 10.8 Å². The standard InChI is InChI=1S/C16H13BO3/c18-17(19)20-14-10-8-13(9-11-14)16-7-3-5-12-4-1-2-6-15(12)16/h1-11,18-19H. The van der Waals surface area contributed by atoms with Crippen molar-refractivity contribution in [2.75, 3.05) is 0 Å². The molecule has 0 spiro atoms. The van der Waals surface area contributed by atoms with Crippen LogP contribution in [0.3, 0.4) is 0 Å². The van der Waals surface area contributed by atoms with Crippen LogP contribution in [0.1, 0.15) is 0 Å². The van der Waals surface area contributed by atoms with Crippen molar-refractivity contribution in [1.29, 1.82) is 0 Å². The number of rotatable bonds is 3. The van der Waals surface area contributed by atoms with E-state index in [9.17, 15) is 0 Å². The predicted octanol–water partition coefficient (Wildman–Crippen LogP) is 2.86. The third-order valence-electron chi connectivity index (χ3n) is 3.20. The summed E-state index contributed by atoms with van der Waals surface area (Å²) < 4.78 is 4.80. The van der Waals surface area contributed by atoms with Crippen LogP contribution in [0, 0.1) is 0 Å². The largest absolute Gasteiger partial charge is 0.707 e. The van der Waals surface area contributed by atoms with Crippen LogP contribution < -0.4 is 4.65 Å². The van der Waals surface area contributed by atoms with Gasteiger partial charge in [0.25, 0.3) is 0 Å². The summed E-state index contributed by atoms with van der Waals surface area (Å²) >= 11 is 0. The predicted molar refractivity (Wildman–Crippen MR) is 80.2 cm³/mol. The van der Waals surface area contributed by atoms with Gasteiger partial charge in [-0.05, 0) is 34.0 Å². The summed E-state index contributed by atoms with van der Waals surface area (Å²) in [6.07, 6.45) is 0. The molecule has 0 radical (unpaired) electrons. The van der Waals surface area contributed by atoms with Crippen LogP contribution in [-0.4, -0.2) is 17.4 Å². The molecule has 0 amide bonds. The van der Waals surface area contributed by atoms with Gasteiger partial charge in [-0.3, -0.25) is 0 Å². The van der Waals surface area contributed by atoms with Crippen molar-refractivity contribution < 1.29 is 14.7 Å². The lowest BCUT2D eigenvalue weighted by Gasteiger charge is -2.09. The fourth-order valence-electron chi connectivity index (χ4n) is 2.31. The van der Waals surface area contributed by atoms with Gasteiger partial charge in [-0.15, -0.1) is 0 Å². The summed E-state index contributed by atoms with van der Waals surface area (Å²) in [4.78, 5) is 0. The molecule has 0 fully saturated rings. The van der Waals surface area contributed by atoms with Crippen LogP contribution in [0.15, 0.2) is 66.7 Å². The van der Waals surface area contributed by atoms with E-state index < -0.39 is 7.32 Å². The number of hydrogen-bond donors (Lipinski definition) is 2. The molecule has 3 nitrogen and oxygen atoms in total. The number of benzene rings is 3. The van der Waals surface area contributed by atoms with E-state index in [-0.39, 0.29) is 0 Å². The highest BCUT2D eigenvalue weighted by Gasteiger charge is 2.11. The monoisotopic (exact) mass is 264 g/mol. The normalized spacial score (nSPS) is 10.5. The van der Waals surface area contributed by atoms with Gasteiger partial charge in [0.1, 0.15) is 5.75 Å². The molecule has 0 aliphatic carbocycles. The molecule has 0 heterocycles. The zero-order valence-corrected chi connectivity index (χ0v) is 10.7. The molecule has 20 heavy (non-hydrogen) atoms. The fourth-order valence-corrected chi connectivity index (χ4v) is 2.31. The van der Waals surface area contributed by atoms with Crippen molar-refractivity contribution in [3.63, 3.8) is 0 Å². The molecule has 0 atom stereocenters. The molecular weight excluding hydrogens is 251 g/mol. The second-order valence-corrected chi connectivity index (χ2v) is 4.50. The highest BCUT2D eigenvalue weighted by atomic mass is 16.6. The van der Waals surface area contributed by atoms with Gasteiger partial charge in [0.2, 0.25) is 0 Å². The zero-order valence-electron chi connectivity index (χ0n) is 10.7. The van der Waals surface area contributed by atoms with Gasteiger partial charge in [-0.2, -0.15) is 0 Å². The zero-order chi connectivity index (χ0) is 13.9. The average molecular weight is 264 g/mol. The van der Waals surface area contributed by atoms with Crippen molar-refractivity contribution in [3.05, 3.63) is 66.7 Å². The van der Waals surface area contributed by atoms with E-state index in [2.05, 4.69) is 24.3 Å². The number of fused-ring (bicyclic) bond motifs is 1. The van der Waals surface area contributed by atoms with Gasteiger partial charge >= 0.3 is 7.32 Å². The van der Waals surface area contributed by atoms with Crippen LogP contribution in [0.25, 0.3) is 21.9 Å². The first-order chi connectivity index (χ1) is 9.74. The van der Waals surface area contributed by atoms with Crippen LogP contribution in [0.2, 0.25) is 0 Å². The van der Waals surface area contributed by atoms with Gasteiger partial charge < -0.3 is 14.7 Å². The van der Waals surface area contributed by atoms with Crippen LogP contribution >= 0.6 is 0 Å². The molecule has 0 saturated heterocycles. The Morgan fingerprint density at radius 1 is 0.750 bits per heavy atom. The Labute approximate surface area is 117 Å². The summed E-state index contributed by atoms with van der Waals surface area (Å²) in [5, 5.41) is 19.9. The summed E-state index contributed by atoms with van der Waals surface area (Å²) in [6.45, 7) is 0. The lowest BCUT2D eigenvalue weighted by atomic mass is 9.98. The lowest BCUT2D eigenvalue weighted by molar-refractivity contribution is 0.288. The maximum Gasteiger partial charge on any atom is 0.707 e. The van der Waals surface area contributed by atoms with E-state index in [0.29, 0.717) is 5.75 Å². The van der Waals surface area contributed by atoms with Crippen molar-refractivity contribution in [1.82, 2.24) is 0 Å². The third-order valence-corrected chi connectivity index (χ3v) is 3.20.